The smallest absolute Gasteiger partial charge is 0.115 e. The number of benzene rings is 1. The summed E-state index contributed by atoms with van der Waals surface area (Å²) < 4.78 is 0. The van der Waals surface area contributed by atoms with Gasteiger partial charge in [-0.2, -0.15) is 5.48 Å². The minimum absolute atomic E-state index is 0.761. The lowest BCUT2D eigenvalue weighted by Gasteiger charge is -1.99. The van der Waals surface area contributed by atoms with Gasteiger partial charge in [0.25, 0.3) is 0 Å². The van der Waals surface area contributed by atoms with E-state index in [0.717, 1.165) is 6.54 Å². The van der Waals surface area contributed by atoms with Crippen LogP contribution in [-0.4, -0.2) is 17.1 Å². The van der Waals surface area contributed by atoms with Crippen molar-refractivity contribution in [2.75, 3.05) is 7.11 Å². The molecule has 1 aromatic heterocycles. The van der Waals surface area contributed by atoms with Crippen LogP contribution in [0.15, 0.2) is 55.1 Å². The summed E-state index contributed by atoms with van der Waals surface area (Å²) in [5.41, 5.74) is 3.99. The summed E-state index contributed by atoms with van der Waals surface area (Å²) in [4.78, 5) is 12.0. The van der Waals surface area contributed by atoms with Crippen LogP contribution in [0.1, 0.15) is 5.56 Å². The molecule has 84 valence electrons. The molecule has 0 fully saturated rings. The minimum Gasteiger partial charge on any atom is -0.305 e. The van der Waals surface area contributed by atoms with Gasteiger partial charge in [0.1, 0.15) is 6.33 Å². The molecule has 1 N–H and O–H groups in total. The Kier molecular flexibility index (Phi) is 6.55. The number of rotatable bonds is 3. The maximum absolute atomic E-state index is 4.70. The summed E-state index contributed by atoms with van der Waals surface area (Å²) in [5.74, 6) is 0. The Morgan fingerprint density at radius 1 is 1.06 bits per heavy atom. The first kappa shape index (κ1) is 12.3. The van der Waals surface area contributed by atoms with Gasteiger partial charge in [-0.3, -0.25) is 0 Å². The first-order valence-electron chi connectivity index (χ1n) is 4.93. The minimum atomic E-state index is 0.761. The molecular formula is C12H15N3O. The molecule has 2 aromatic rings. The van der Waals surface area contributed by atoms with Gasteiger partial charge in [-0.1, -0.05) is 30.3 Å². The molecule has 0 radical (unpaired) electrons. The van der Waals surface area contributed by atoms with Crippen molar-refractivity contribution in [2.24, 2.45) is 0 Å². The van der Waals surface area contributed by atoms with Gasteiger partial charge < -0.3 is 4.84 Å². The van der Waals surface area contributed by atoms with Crippen molar-refractivity contribution in [3.05, 3.63) is 60.7 Å². The second-order valence-electron chi connectivity index (χ2n) is 2.92. The average molecular weight is 217 g/mol. The zero-order valence-electron chi connectivity index (χ0n) is 9.21. The first-order chi connectivity index (χ1) is 7.93. The number of aromatic nitrogens is 2. The Bertz CT molecular complexity index is 326. The van der Waals surface area contributed by atoms with Gasteiger partial charge in [0.2, 0.25) is 0 Å². The Balaban J connectivity index is 0.000000181. The molecule has 0 spiro atoms. The third kappa shape index (κ3) is 5.85. The average Bonchev–Trinajstić information content (AvgIpc) is 2.40. The van der Waals surface area contributed by atoms with E-state index in [-0.39, 0.29) is 0 Å². The van der Waals surface area contributed by atoms with E-state index in [1.165, 1.54) is 11.9 Å². The predicted octanol–water partition coefficient (Wildman–Crippen LogP) is 1.81. The molecular weight excluding hydrogens is 202 g/mol. The summed E-state index contributed by atoms with van der Waals surface area (Å²) in [7, 11) is 1.61. The van der Waals surface area contributed by atoms with E-state index in [2.05, 4.69) is 15.4 Å². The zero-order valence-corrected chi connectivity index (χ0v) is 9.21. The van der Waals surface area contributed by atoms with Crippen molar-refractivity contribution in [3.63, 3.8) is 0 Å². The highest BCUT2D eigenvalue weighted by Crippen LogP contribution is 1.96. The van der Waals surface area contributed by atoms with Crippen molar-refractivity contribution >= 4 is 0 Å². The van der Waals surface area contributed by atoms with E-state index >= 15 is 0 Å². The Hall–Kier alpha value is -1.78. The van der Waals surface area contributed by atoms with Gasteiger partial charge in [-0.25, -0.2) is 9.97 Å². The molecule has 16 heavy (non-hydrogen) atoms. The van der Waals surface area contributed by atoms with E-state index in [0.29, 0.717) is 0 Å². The molecule has 0 saturated heterocycles. The van der Waals surface area contributed by atoms with Crippen molar-refractivity contribution in [3.8, 4) is 0 Å². The summed E-state index contributed by atoms with van der Waals surface area (Å²) in [6.07, 6.45) is 4.88. The van der Waals surface area contributed by atoms with Crippen LogP contribution in [0.4, 0.5) is 0 Å². The quantitative estimate of drug-likeness (QED) is 0.796. The molecule has 1 heterocycles. The number of nitrogens with zero attached hydrogens (tertiary/aromatic N) is 2. The largest absolute Gasteiger partial charge is 0.305 e. The van der Waals surface area contributed by atoms with E-state index in [1.807, 2.05) is 30.3 Å². The van der Waals surface area contributed by atoms with Crippen molar-refractivity contribution in [1.29, 1.82) is 0 Å². The topological polar surface area (TPSA) is 47.0 Å². The fourth-order valence-corrected chi connectivity index (χ4v) is 1.00. The normalized spacial score (nSPS) is 9.06. The van der Waals surface area contributed by atoms with Crippen LogP contribution in [0.2, 0.25) is 0 Å². The molecule has 0 saturated carbocycles. The van der Waals surface area contributed by atoms with Crippen molar-refractivity contribution in [2.45, 2.75) is 6.54 Å². The highest BCUT2D eigenvalue weighted by atomic mass is 16.6. The van der Waals surface area contributed by atoms with E-state index in [9.17, 15) is 0 Å². The SMILES string of the molecule is CONCc1ccccc1.c1cncnc1. The molecule has 0 aliphatic heterocycles. The molecule has 0 aliphatic carbocycles. The highest BCUT2D eigenvalue weighted by Gasteiger charge is 1.86. The fourth-order valence-electron chi connectivity index (χ4n) is 1.00. The summed E-state index contributed by atoms with van der Waals surface area (Å²) >= 11 is 0. The van der Waals surface area contributed by atoms with Crippen LogP contribution in [0.3, 0.4) is 0 Å². The monoisotopic (exact) mass is 217 g/mol. The third-order valence-electron chi connectivity index (χ3n) is 1.74. The van der Waals surface area contributed by atoms with Gasteiger partial charge in [-0.15, -0.1) is 0 Å². The van der Waals surface area contributed by atoms with Gasteiger partial charge >= 0.3 is 0 Å². The molecule has 0 bridgehead atoms. The van der Waals surface area contributed by atoms with Gasteiger partial charge in [0.05, 0.1) is 7.11 Å². The number of hydrogen-bond acceptors (Lipinski definition) is 4. The number of hydroxylamine groups is 1. The Morgan fingerprint density at radius 2 is 1.75 bits per heavy atom. The molecule has 0 amide bonds. The second kappa shape index (κ2) is 8.52. The molecule has 4 heteroatoms. The van der Waals surface area contributed by atoms with Crippen LogP contribution >= 0.6 is 0 Å². The Labute approximate surface area is 95.3 Å². The molecule has 1 aromatic carbocycles. The van der Waals surface area contributed by atoms with Gasteiger partial charge in [0.15, 0.2) is 0 Å². The lowest BCUT2D eigenvalue weighted by molar-refractivity contribution is 0.0867. The van der Waals surface area contributed by atoms with Crippen LogP contribution < -0.4 is 5.48 Å². The molecule has 0 unspecified atom stereocenters. The van der Waals surface area contributed by atoms with E-state index in [1.54, 1.807) is 25.6 Å². The van der Waals surface area contributed by atoms with Crippen molar-refractivity contribution < 1.29 is 4.84 Å². The summed E-state index contributed by atoms with van der Waals surface area (Å²) in [5, 5.41) is 0. The maximum Gasteiger partial charge on any atom is 0.115 e. The highest BCUT2D eigenvalue weighted by molar-refractivity contribution is 5.13. The lowest BCUT2D eigenvalue weighted by Crippen LogP contribution is -2.10. The Morgan fingerprint density at radius 3 is 2.19 bits per heavy atom. The van der Waals surface area contributed by atoms with Crippen LogP contribution in [0.25, 0.3) is 0 Å². The van der Waals surface area contributed by atoms with Crippen molar-refractivity contribution in [1.82, 2.24) is 15.4 Å². The molecule has 0 atom stereocenters. The molecule has 4 nitrogen and oxygen atoms in total. The van der Waals surface area contributed by atoms with Crippen LogP contribution in [0.5, 0.6) is 0 Å². The van der Waals surface area contributed by atoms with Crippen LogP contribution in [-0.2, 0) is 11.4 Å². The summed E-state index contributed by atoms with van der Waals surface area (Å²) in [6.45, 7) is 0.761. The second-order valence-corrected chi connectivity index (χ2v) is 2.92. The van der Waals surface area contributed by atoms with Gasteiger partial charge in [0, 0.05) is 18.9 Å². The number of hydrogen-bond donors (Lipinski definition) is 1. The molecule has 2 rings (SSSR count). The van der Waals surface area contributed by atoms with Gasteiger partial charge in [-0.05, 0) is 11.6 Å². The third-order valence-corrected chi connectivity index (χ3v) is 1.74. The van der Waals surface area contributed by atoms with E-state index in [4.69, 9.17) is 4.84 Å². The predicted molar refractivity (Wildman–Crippen MR) is 62.3 cm³/mol. The summed E-state index contributed by atoms with van der Waals surface area (Å²) in [6, 6.07) is 11.9. The first-order valence-corrected chi connectivity index (χ1v) is 4.93. The van der Waals surface area contributed by atoms with E-state index < -0.39 is 0 Å². The maximum atomic E-state index is 4.70. The van der Waals surface area contributed by atoms with Crippen LogP contribution in [0, 0.1) is 0 Å². The molecule has 0 aliphatic rings. The number of nitrogens with one attached hydrogen (secondary N) is 1. The standard InChI is InChI=1S/C8H11NO.C4H4N2/c1-10-9-7-8-5-3-2-4-6-8;1-2-5-4-6-3-1/h2-6,9H,7H2,1H3;1-4H. The lowest BCUT2D eigenvalue weighted by atomic mass is 10.2. The fraction of sp³-hybridized carbons (Fsp3) is 0.167. The zero-order chi connectivity index (χ0) is 11.5.